The molecule has 0 atom stereocenters. The summed E-state index contributed by atoms with van der Waals surface area (Å²) in [5.41, 5.74) is 10.7. The van der Waals surface area contributed by atoms with Crippen molar-refractivity contribution in [3.8, 4) is 5.69 Å². The van der Waals surface area contributed by atoms with Gasteiger partial charge in [0, 0.05) is 43.2 Å². The number of amides is 1. The number of nitrogen functional groups attached to an aromatic ring is 1. The molecule has 3 heterocycles. The van der Waals surface area contributed by atoms with E-state index in [1.165, 1.54) is 6.08 Å². The van der Waals surface area contributed by atoms with Crippen LogP contribution < -0.4 is 21.3 Å². The highest BCUT2D eigenvalue weighted by Crippen LogP contribution is 2.26. The summed E-state index contributed by atoms with van der Waals surface area (Å²) in [6.45, 7) is 7.54. The van der Waals surface area contributed by atoms with Crippen molar-refractivity contribution in [2.45, 2.75) is 0 Å². The van der Waals surface area contributed by atoms with Crippen molar-refractivity contribution in [3.63, 3.8) is 0 Å². The molecule has 10 heteroatoms. The third kappa shape index (κ3) is 4.78. The number of fused-ring (bicyclic) bond motifs is 1. The third-order valence-electron chi connectivity index (χ3n) is 5.97. The quantitative estimate of drug-likeness (QED) is 0.369. The lowest BCUT2D eigenvalue weighted by atomic mass is 10.2. The second kappa shape index (κ2) is 9.43. The first-order valence-corrected chi connectivity index (χ1v) is 11.3. The molecule has 0 radical (unpaired) electrons. The SMILES string of the molecule is C=CC(=O)Nc1cccc(-n2cnc3c(N)nc(Nc4cccc(N5CCN(C)CC5)c4)nc32)c1. The number of anilines is 5. The number of nitrogens with zero attached hydrogens (tertiary/aromatic N) is 6. The maximum absolute atomic E-state index is 11.7. The largest absolute Gasteiger partial charge is 0.382 e. The van der Waals surface area contributed by atoms with E-state index in [1.807, 2.05) is 34.9 Å². The summed E-state index contributed by atoms with van der Waals surface area (Å²) in [6, 6.07) is 15.6. The number of carbonyl (C=O) groups is 1. The van der Waals surface area contributed by atoms with E-state index >= 15 is 0 Å². The van der Waals surface area contributed by atoms with Crippen LogP contribution in [0.25, 0.3) is 16.9 Å². The molecule has 1 saturated heterocycles. The molecular formula is C25H27N9O. The van der Waals surface area contributed by atoms with Crippen molar-refractivity contribution in [3.05, 3.63) is 67.5 Å². The van der Waals surface area contributed by atoms with Gasteiger partial charge < -0.3 is 26.2 Å². The zero-order valence-electron chi connectivity index (χ0n) is 19.5. The summed E-state index contributed by atoms with van der Waals surface area (Å²) in [5.74, 6) is 0.375. The number of piperazine rings is 1. The third-order valence-corrected chi connectivity index (χ3v) is 5.97. The molecule has 1 fully saturated rings. The molecule has 1 aliphatic rings. The van der Waals surface area contributed by atoms with Crippen molar-refractivity contribution in [1.82, 2.24) is 24.4 Å². The van der Waals surface area contributed by atoms with Gasteiger partial charge in [-0.1, -0.05) is 18.7 Å². The van der Waals surface area contributed by atoms with Gasteiger partial charge in [-0.15, -0.1) is 0 Å². The maximum Gasteiger partial charge on any atom is 0.247 e. The smallest absolute Gasteiger partial charge is 0.247 e. The van der Waals surface area contributed by atoms with Crippen molar-refractivity contribution >= 4 is 45.9 Å². The minimum absolute atomic E-state index is 0.280. The van der Waals surface area contributed by atoms with Gasteiger partial charge in [-0.05, 0) is 49.5 Å². The van der Waals surface area contributed by atoms with E-state index in [0.29, 0.717) is 22.8 Å². The molecule has 0 saturated carbocycles. The highest BCUT2D eigenvalue weighted by atomic mass is 16.1. The van der Waals surface area contributed by atoms with Crippen LogP contribution in [0.5, 0.6) is 0 Å². The Hall–Kier alpha value is -4.44. The molecule has 0 aliphatic carbocycles. The van der Waals surface area contributed by atoms with Gasteiger partial charge in [-0.2, -0.15) is 9.97 Å². The predicted molar refractivity (Wildman–Crippen MR) is 139 cm³/mol. The number of hydrogen-bond donors (Lipinski definition) is 3. The lowest BCUT2D eigenvalue weighted by Crippen LogP contribution is -2.44. The number of imidazole rings is 1. The van der Waals surface area contributed by atoms with Crippen LogP contribution in [0.2, 0.25) is 0 Å². The summed E-state index contributed by atoms with van der Waals surface area (Å²) < 4.78 is 1.81. The minimum atomic E-state index is -0.283. The van der Waals surface area contributed by atoms with Crippen LogP contribution in [0, 0.1) is 0 Å². The summed E-state index contributed by atoms with van der Waals surface area (Å²) in [6.07, 6.45) is 2.87. The standard InChI is InChI=1S/C25H27N9O/c1-3-21(35)28-17-6-5-9-20(15-17)34-16-27-22-23(26)30-25(31-24(22)34)29-18-7-4-8-19(14-18)33-12-10-32(2)11-13-33/h3-9,14-16H,1,10-13H2,2H3,(H,28,35)(H3,26,29,30,31). The van der Waals surface area contributed by atoms with E-state index in [1.54, 1.807) is 12.4 Å². The van der Waals surface area contributed by atoms with E-state index in [9.17, 15) is 4.79 Å². The number of nitrogens with two attached hydrogens (primary N) is 1. The zero-order valence-corrected chi connectivity index (χ0v) is 19.5. The second-order valence-electron chi connectivity index (χ2n) is 8.43. The van der Waals surface area contributed by atoms with Crippen molar-refractivity contribution in [2.24, 2.45) is 0 Å². The predicted octanol–water partition coefficient (Wildman–Crippen LogP) is 3.02. The lowest BCUT2D eigenvalue weighted by molar-refractivity contribution is -0.111. The molecule has 4 aromatic rings. The fourth-order valence-electron chi connectivity index (χ4n) is 4.07. The average Bonchev–Trinajstić information content (AvgIpc) is 3.29. The molecule has 4 N–H and O–H groups in total. The summed E-state index contributed by atoms with van der Waals surface area (Å²) in [7, 11) is 2.14. The topological polar surface area (TPSA) is 117 Å². The first-order valence-electron chi connectivity index (χ1n) is 11.3. The maximum atomic E-state index is 11.7. The molecule has 2 aromatic carbocycles. The number of benzene rings is 2. The van der Waals surface area contributed by atoms with Gasteiger partial charge in [0.25, 0.3) is 0 Å². The highest BCUT2D eigenvalue weighted by Gasteiger charge is 2.16. The number of aromatic nitrogens is 4. The fourth-order valence-corrected chi connectivity index (χ4v) is 4.07. The van der Waals surface area contributed by atoms with Crippen LogP contribution in [-0.2, 0) is 4.79 Å². The van der Waals surface area contributed by atoms with Crippen LogP contribution in [0.15, 0.2) is 67.5 Å². The normalized spacial score (nSPS) is 14.1. The molecule has 1 aliphatic heterocycles. The Morgan fingerprint density at radius 2 is 1.74 bits per heavy atom. The minimum Gasteiger partial charge on any atom is -0.382 e. The van der Waals surface area contributed by atoms with E-state index in [2.05, 4.69) is 56.2 Å². The van der Waals surface area contributed by atoms with Crippen molar-refractivity contribution < 1.29 is 4.79 Å². The molecule has 5 rings (SSSR count). The van der Waals surface area contributed by atoms with E-state index in [4.69, 9.17) is 10.7 Å². The molecule has 0 bridgehead atoms. The van der Waals surface area contributed by atoms with E-state index in [-0.39, 0.29) is 11.7 Å². The Morgan fingerprint density at radius 3 is 2.51 bits per heavy atom. The summed E-state index contributed by atoms with van der Waals surface area (Å²) >= 11 is 0. The van der Waals surface area contributed by atoms with Gasteiger partial charge in [-0.3, -0.25) is 9.36 Å². The molecule has 10 nitrogen and oxygen atoms in total. The molecule has 2 aromatic heterocycles. The number of rotatable bonds is 6. The molecule has 0 unspecified atom stereocenters. The number of nitrogens with one attached hydrogen (secondary N) is 2. The Labute approximate surface area is 203 Å². The monoisotopic (exact) mass is 469 g/mol. The number of hydrogen-bond acceptors (Lipinski definition) is 8. The summed E-state index contributed by atoms with van der Waals surface area (Å²) in [4.78, 5) is 29.9. The van der Waals surface area contributed by atoms with E-state index in [0.717, 1.165) is 43.2 Å². The van der Waals surface area contributed by atoms with Crippen LogP contribution in [-0.4, -0.2) is 63.6 Å². The zero-order chi connectivity index (χ0) is 24.4. The molecule has 35 heavy (non-hydrogen) atoms. The highest BCUT2D eigenvalue weighted by molar-refractivity contribution is 5.99. The van der Waals surface area contributed by atoms with Gasteiger partial charge in [0.05, 0.1) is 5.69 Å². The Kier molecular flexibility index (Phi) is 6.02. The van der Waals surface area contributed by atoms with Gasteiger partial charge >= 0.3 is 0 Å². The number of carbonyl (C=O) groups excluding carboxylic acids is 1. The molecular weight excluding hydrogens is 442 g/mol. The van der Waals surface area contributed by atoms with Crippen LogP contribution >= 0.6 is 0 Å². The molecule has 0 spiro atoms. The van der Waals surface area contributed by atoms with Crippen LogP contribution in [0.1, 0.15) is 0 Å². The molecule has 178 valence electrons. The van der Waals surface area contributed by atoms with Crippen molar-refractivity contribution in [1.29, 1.82) is 0 Å². The summed E-state index contributed by atoms with van der Waals surface area (Å²) in [5, 5.41) is 6.06. The fraction of sp³-hybridized carbons (Fsp3) is 0.200. The second-order valence-corrected chi connectivity index (χ2v) is 8.43. The van der Waals surface area contributed by atoms with Gasteiger partial charge in [0.2, 0.25) is 11.9 Å². The van der Waals surface area contributed by atoms with E-state index < -0.39 is 0 Å². The van der Waals surface area contributed by atoms with Crippen molar-refractivity contribution in [2.75, 3.05) is 54.5 Å². The van der Waals surface area contributed by atoms with Gasteiger partial charge in [0.1, 0.15) is 6.33 Å². The van der Waals surface area contributed by atoms with Crippen LogP contribution in [0.3, 0.4) is 0 Å². The Bertz CT molecular complexity index is 1390. The lowest BCUT2D eigenvalue weighted by Gasteiger charge is -2.34. The molecule has 1 amide bonds. The number of likely N-dealkylation sites (N-methyl/N-ethyl adjacent to an activating group) is 1. The first kappa shape index (κ1) is 22.4. The van der Waals surface area contributed by atoms with Crippen LogP contribution in [0.4, 0.5) is 28.8 Å². The average molecular weight is 470 g/mol. The Morgan fingerprint density at radius 1 is 1.03 bits per heavy atom. The van der Waals surface area contributed by atoms with Gasteiger partial charge in [0.15, 0.2) is 17.0 Å². The van der Waals surface area contributed by atoms with Gasteiger partial charge in [-0.25, -0.2) is 4.98 Å². The first-order chi connectivity index (χ1) is 17.0. The Balaban J connectivity index is 1.44.